The number of aliphatic hydroxyl groups is 1. The smallest absolute Gasteiger partial charge is 0.241 e. The van der Waals surface area contributed by atoms with Gasteiger partial charge in [-0.2, -0.15) is 0 Å². The molecule has 0 spiro atoms. The molecule has 1 aromatic rings. The average molecular weight is 243 g/mol. The van der Waals surface area contributed by atoms with Gasteiger partial charge in [-0.15, -0.1) is 0 Å². The van der Waals surface area contributed by atoms with Crippen LogP contribution in [0.25, 0.3) is 0 Å². The van der Waals surface area contributed by atoms with E-state index in [9.17, 15) is 8.42 Å². The Morgan fingerprint density at radius 1 is 1.38 bits per heavy atom. The minimum absolute atomic E-state index is 0.193. The van der Waals surface area contributed by atoms with Crippen LogP contribution in [0.3, 0.4) is 0 Å². The van der Waals surface area contributed by atoms with Crippen LogP contribution in [0.5, 0.6) is 0 Å². The van der Waals surface area contributed by atoms with Crippen LogP contribution in [-0.2, 0) is 10.0 Å². The van der Waals surface area contributed by atoms with Crippen molar-refractivity contribution in [2.45, 2.75) is 31.2 Å². The third kappa shape index (κ3) is 3.04. The zero-order valence-electron chi connectivity index (χ0n) is 9.47. The minimum Gasteiger partial charge on any atom is -0.395 e. The Kier molecular flexibility index (Phi) is 4.46. The number of nitrogens with one attached hydrogen (secondary N) is 1. The number of aryl methyl sites for hydroxylation is 1. The second-order valence-electron chi connectivity index (χ2n) is 3.67. The van der Waals surface area contributed by atoms with E-state index >= 15 is 0 Å². The monoisotopic (exact) mass is 243 g/mol. The van der Waals surface area contributed by atoms with E-state index in [1.807, 2.05) is 6.92 Å². The third-order valence-corrected chi connectivity index (χ3v) is 4.10. The molecule has 2 N–H and O–H groups in total. The predicted octanol–water partition coefficient (Wildman–Crippen LogP) is 1.04. The number of benzene rings is 1. The third-order valence-electron chi connectivity index (χ3n) is 2.42. The maximum absolute atomic E-state index is 12.0. The molecule has 0 heterocycles. The van der Waals surface area contributed by atoms with Crippen LogP contribution in [0.15, 0.2) is 29.2 Å². The van der Waals surface area contributed by atoms with Crippen molar-refractivity contribution >= 4 is 10.0 Å². The maximum Gasteiger partial charge on any atom is 0.241 e. The Bertz CT molecular complexity index is 438. The van der Waals surface area contributed by atoms with E-state index in [1.54, 1.807) is 31.2 Å². The standard InChI is InChI=1S/C11H17NO3S/c1-3-10(8-13)12-16(14,15)11-7-5-4-6-9(11)2/h4-7,10,12-13H,3,8H2,1-2H3. The Labute approximate surface area is 96.4 Å². The molecular weight excluding hydrogens is 226 g/mol. The molecule has 0 bridgehead atoms. The van der Waals surface area contributed by atoms with Crippen molar-refractivity contribution in [2.75, 3.05) is 6.61 Å². The largest absolute Gasteiger partial charge is 0.395 e. The number of aliphatic hydroxyl groups excluding tert-OH is 1. The number of rotatable bonds is 5. The fraction of sp³-hybridized carbons (Fsp3) is 0.455. The molecule has 0 fully saturated rings. The molecule has 0 saturated heterocycles. The summed E-state index contributed by atoms with van der Waals surface area (Å²) in [6, 6.07) is 6.35. The summed E-state index contributed by atoms with van der Waals surface area (Å²) in [6.45, 7) is 3.37. The van der Waals surface area contributed by atoms with Gasteiger partial charge in [0.15, 0.2) is 0 Å². The van der Waals surface area contributed by atoms with Gasteiger partial charge in [-0.3, -0.25) is 0 Å². The van der Waals surface area contributed by atoms with Crippen molar-refractivity contribution in [1.29, 1.82) is 0 Å². The van der Waals surface area contributed by atoms with E-state index in [2.05, 4.69) is 4.72 Å². The average Bonchev–Trinajstić information content (AvgIpc) is 2.26. The van der Waals surface area contributed by atoms with Gasteiger partial charge in [-0.25, -0.2) is 13.1 Å². The van der Waals surface area contributed by atoms with Crippen LogP contribution in [0.2, 0.25) is 0 Å². The van der Waals surface area contributed by atoms with E-state index in [0.717, 1.165) is 0 Å². The number of hydrogen-bond donors (Lipinski definition) is 2. The van der Waals surface area contributed by atoms with E-state index in [1.165, 1.54) is 0 Å². The summed E-state index contributed by atoms with van der Waals surface area (Å²) in [5.41, 5.74) is 0.697. The van der Waals surface area contributed by atoms with Crippen molar-refractivity contribution in [3.63, 3.8) is 0 Å². The van der Waals surface area contributed by atoms with Gasteiger partial charge < -0.3 is 5.11 Å². The van der Waals surface area contributed by atoms with Crippen molar-refractivity contribution in [3.05, 3.63) is 29.8 Å². The summed E-state index contributed by atoms with van der Waals surface area (Å²) in [6.07, 6.45) is 0.557. The molecule has 0 amide bonds. The van der Waals surface area contributed by atoms with E-state index in [-0.39, 0.29) is 11.5 Å². The van der Waals surface area contributed by atoms with E-state index < -0.39 is 16.1 Å². The maximum atomic E-state index is 12.0. The number of sulfonamides is 1. The normalized spacial score (nSPS) is 13.7. The lowest BCUT2D eigenvalue weighted by molar-refractivity contribution is 0.254. The molecule has 0 radical (unpaired) electrons. The first-order chi connectivity index (χ1) is 7.51. The van der Waals surface area contributed by atoms with E-state index in [0.29, 0.717) is 12.0 Å². The Morgan fingerprint density at radius 2 is 2.00 bits per heavy atom. The highest BCUT2D eigenvalue weighted by molar-refractivity contribution is 7.89. The summed E-state index contributed by atoms with van der Waals surface area (Å²) in [5.74, 6) is 0. The molecule has 1 unspecified atom stereocenters. The highest BCUT2D eigenvalue weighted by Crippen LogP contribution is 2.14. The van der Waals surface area contributed by atoms with Crippen molar-refractivity contribution in [1.82, 2.24) is 4.72 Å². The van der Waals surface area contributed by atoms with Gasteiger partial charge in [0.2, 0.25) is 10.0 Å². The molecule has 0 aliphatic carbocycles. The topological polar surface area (TPSA) is 66.4 Å². The summed E-state index contributed by atoms with van der Waals surface area (Å²) in [5, 5.41) is 8.98. The second-order valence-corrected chi connectivity index (χ2v) is 5.36. The van der Waals surface area contributed by atoms with Gasteiger partial charge >= 0.3 is 0 Å². The lowest BCUT2D eigenvalue weighted by Crippen LogP contribution is -2.37. The van der Waals surface area contributed by atoms with Gasteiger partial charge in [0.25, 0.3) is 0 Å². The molecule has 16 heavy (non-hydrogen) atoms. The van der Waals surface area contributed by atoms with Crippen LogP contribution in [0, 0.1) is 6.92 Å². The lowest BCUT2D eigenvalue weighted by Gasteiger charge is -2.15. The molecule has 0 saturated carbocycles. The van der Waals surface area contributed by atoms with Crippen LogP contribution in [-0.4, -0.2) is 26.2 Å². The molecule has 90 valence electrons. The van der Waals surface area contributed by atoms with Gasteiger partial charge in [0.1, 0.15) is 0 Å². The number of hydrogen-bond acceptors (Lipinski definition) is 3. The van der Waals surface area contributed by atoms with Crippen LogP contribution < -0.4 is 4.72 Å². The van der Waals surface area contributed by atoms with Gasteiger partial charge in [-0.05, 0) is 25.0 Å². The quantitative estimate of drug-likeness (QED) is 0.812. The molecule has 1 atom stereocenters. The van der Waals surface area contributed by atoms with Gasteiger partial charge in [0, 0.05) is 6.04 Å². The SMILES string of the molecule is CCC(CO)NS(=O)(=O)c1ccccc1C. The highest BCUT2D eigenvalue weighted by atomic mass is 32.2. The van der Waals surface area contributed by atoms with Crippen LogP contribution >= 0.6 is 0 Å². The molecular formula is C11H17NO3S. The van der Waals surface area contributed by atoms with Crippen molar-refractivity contribution in [3.8, 4) is 0 Å². The van der Waals surface area contributed by atoms with E-state index in [4.69, 9.17) is 5.11 Å². The Hall–Kier alpha value is -0.910. The predicted molar refractivity (Wildman–Crippen MR) is 62.7 cm³/mol. The Balaban J connectivity index is 2.99. The molecule has 1 rings (SSSR count). The second kappa shape index (κ2) is 5.43. The molecule has 4 nitrogen and oxygen atoms in total. The molecule has 1 aromatic carbocycles. The van der Waals surface area contributed by atoms with Crippen LogP contribution in [0.1, 0.15) is 18.9 Å². The highest BCUT2D eigenvalue weighted by Gasteiger charge is 2.19. The Morgan fingerprint density at radius 3 is 2.50 bits per heavy atom. The molecule has 0 aromatic heterocycles. The first-order valence-electron chi connectivity index (χ1n) is 5.20. The lowest BCUT2D eigenvalue weighted by atomic mass is 10.2. The fourth-order valence-electron chi connectivity index (χ4n) is 1.39. The molecule has 5 heteroatoms. The van der Waals surface area contributed by atoms with Gasteiger partial charge in [0.05, 0.1) is 11.5 Å². The minimum atomic E-state index is -3.52. The van der Waals surface area contributed by atoms with Crippen LogP contribution in [0.4, 0.5) is 0 Å². The molecule has 0 aliphatic rings. The molecule has 0 aliphatic heterocycles. The zero-order chi connectivity index (χ0) is 12.2. The van der Waals surface area contributed by atoms with Gasteiger partial charge in [-0.1, -0.05) is 25.1 Å². The van der Waals surface area contributed by atoms with Crippen molar-refractivity contribution < 1.29 is 13.5 Å². The fourth-order valence-corrected chi connectivity index (χ4v) is 2.95. The summed E-state index contributed by atoms with van der Waals surface area (Å²) < 4.78 is 26.4. The summed E-state index contributed by atoms with van der Waals surface area (Å²) >= 11 is 0. The summed E-state index contributed by atoms with van der Waals surface area (Å²) in [7, 11) is -3.52. The zero-order valence-corrected chi connectivity index (χ0v) is 10.3. The van der Waals surface area contributed by atoms with Crippen molar-refractivity contribution in [2.24, 2.45) is 0 Å². The first-order valence-corrected chi connectivity index (χ1v) is 6.68. The summed E-state index contributed by atoms with van der Waals surface area (Å²) in [4.78, 5) is 0.266. The first kappa shape index (κ1) is 13.2.